The van der Waals surface area contributed by atoms with Gasteiger partial charge < -0.3 is 20.5 Å². The molecule has 2 rings (SSSR count). The lowest BCUT2D eigenvalue weighted by Crippen LogP contribution is -2.49. The summed E-state index contributed by atoms with van der Waals surface area (Å²) in [5.41, 5.74) is 4.79. The van der Waals surface area contributed by atoms with Crippen molar-refractivity contribution in [3.63, 3.8) is 0 Å². The van der Waals surface area contributed by atoms with Gasteiger partial charge in [-0.1, -0.05) is 12.1 Å². The number of nitrogens with two attached hydrogens (primary N) is 1. The van der Waals surface area contributed by atoms with E-state index >= 15 is 0 Å². The van der Waals surface area contributed by atoms with E-state index in [-0.39, 0.29) is 11.7 Å². The molecule has 134 valence electrons. The third-order valence-electron chi connectivity index (χ3n) is 4.89. The van der Waals surface area contributed by atoms with Crippen LogP contribution >= 0.6 is 0 Å². The number of halogens is 1. The van der Waals surface area contributed by atoms with E-state index in [1.54, 1.807) is 24.1 Å². The molecule has 2 atom stereocenters. The predicted molar refractivity (Wildman–Crippen MR) is 89.9 cm³/mol. The number of hydrogen-bond acceptors (Lipinski definition) is 3. The monoisotopic (exact) mass is 338 g/mol. The zero-order chi connectivity index (χ0) is 17.6. The third-order valence-corrected chi connectivity index (χ3v) is 4.89. The van der Waals surface area contributed by atoms with Crippen molar-refractivity contribution in [2.24, 2.45) is 11.7 Å². The Morgan fingerprint density at radius 3 is 2.96 bits per heavy atom. The van der Waals surface area contributed by atoms with E-state index in [0.29, 0.717) is 31.7 Å². The van der Waals surface area contributed by atoms with Crippen LogP contribution in [0.1, 0.15) is 37.7 Å². The number of hydrogen-bond donors (Lipinski definition) is 2. The van der Waals surface area contributed by atoms with Crippen LogP contribution in [0.3, 0.4) is 0 Å². The molecular formula is C18H27FN2O3. The summed E-state index contributed by atoms with van der Waals surface area (Å²) in [6, 6.07) is 5.65. The Morgan fingerprint density at radius 2 is 2.29 bits per heavy atom. The lowest BCUT2D eigenvalue weighted by atomic mass is 9.74. The quantitative estimate of drug-likeness (QED) is 0.751. The van der Waals surface area contributed by atoms with Gasteiger partial charge in [0.2, 0.25) is 0 Å². The second-order valence-corrected chi connectivity index (χ2v) is 6.51. The van der Waals surface area contributed by atoms with Crippen molar-refractivity contribution < 1.29 is 19.0 Å². The maximum Gasteiger partial charge on any atom is 0.314 e. The second kappa shape index (κ2) is 8.44. The van der Waals surface area contributed by atoms with Gasteiger partial charge in [-0.2, -0.15) is 0 Å². The largest absolute Gasteiger partial charge is 0.385 e. The van der Waals surface area contributed by atoms with Crippen LogP contribution in [0.4, 0.5) is 9.18 Å². The van der Waals surface area contributed by atoms with E-state index in [1.165, 1.54) is 12.1 Å². The number of benzene rings is 1. The predicted octanol–water partition coefficient (Wildman–Crippen LogP) is 2.62. The van der Waals surface area contributed by atoms with E-state index in [2.05, 4.69) is 0 Å². The van der Waals surface area contributed by atoms with Crippen molar-refractivity contribution in [3.05, 3.63) is 35.6 Å². The molecule has 24 heavy (non-hydrogen) atoms. The zero-order valence-corrected chi connectivity index (χ0v) is 14.2. The lowest BCUT2D eigenvalue weighted by molar-refractivity contribution is -0.0561. The number of unbranched alkanes of at least 4 members (excludes halogenated alkanes) is 1. The van der Waals surface area contributed by atoms with Gasteiger partial charge >= 0.3 is 6.03 Å². The summed E-state index contributed by atoms with van der Waals surface area (Å²) in [5.74, 6) is -0.534. The number of rotatable bonds is 7. The molecule has 1 saturated heterocycles. The van der Waals surface area contributed by atoms with Crippen LogP contribution in [0, 0.1) is 11.7 Å². The van der Waals surface area contributed by atoms with Gasteiger partial charge in [-0.05, 0) is 49.8 Å². The maximum absolute atomic E-state index is 13.7. The highest BCUT2D eigenvalue weighted by Crippen LogP contribution is 2.39. The van der Waals surface area contributed by atoms with Crippen LogP contribution in [0.2, 0.25) is 0 Å². The Morgan fingerprint density at radius 1 is 1.50 bits per heavy atom. The molecule has 0 aromatic heterocycles. The second-order valence-electron chi connectivity index (χ2n) is 6.51. The summed E-state index contributed by atoms with van der Waals surface area (Å²) < 4.78 is 18.8. The van der Waals surface area contributed by atoms with E-state index in [1.807, 2.05) is 0 Å². The smallest absolute Gasteiger partial charge is 0.314 e. The minimum absolute atomic E-state index is 0.164. The number of amides is 2. The molecule has 6 heteroatoms. The zero-order valence-electron chi connectivity index (χ0n) is 14.2. The summed E-state index contributed by atoms with van der Waals surface area (Å²) in [4.78, 5) is 13.1. The first-order valence-corrected chi connectivity index (χ1v) is 8.49. The topological polar surface area (TPSA) is 75.8 Å². The van der Waals surface area contributed by atoms with Crippen molar-refractivity contribution >= 4 is 6.03 Å². The van der Waals surface area contributed by atoms with Crippen LogP contribution in [0.25, 0.3) is 0 Å². The molecule has 0 saturated carbocycles. The molecule has 0 spiro atoms. The van der Waals surface area contributed by atoms with Crippen LogP contribution in [0.5, 0.6) is 0 Å². The minimum Gasteiger partial charge on any atom is -0.385 e. The summed E-state index contributed by atoms with van der Waals surface area (Å²) in [6.07, 6.45) is 3.63. The van der Waals surface area contributed by atoms with Gasteiger partial charge in [-0.15, -0.1) is 0 Å². The van der Waals surface area contributed by atoms with Gasteiger partial charge in [-0.3, -0.25) is 0 Å². The van der Waals surface area contributed by atoms with Gasteiger partial charge in [-0.25, -0.2) is 9.18 Å². The molecule has 3 N–H and O–H groups in total. The summed E-state index contributed by atoms with van der Waals surface area (Å²) >= 11 is 0. The van der Waals surface area contributed by atoms with E-state index in [9.17, 15) is 14.3 Å². The number of urea groups is 1. The highest BCUT2D eigenvalue weighted by molar-refractivity contribution is 5.72. The first kappa shape index (κ1) is 18.7. The van der Waals surface area contributed by atoms with Gasteiger partial charge in [0.05, 0.1) is 5.60 Å². The molecule has 0 bridgehead atoms. The molecule has 1 aromatic rings. The molecule has 1 aliphatic heterocycles. The van der Waals surface area contributed by atoms with Gasteiger partial charge in [0, 0.05) is 32.7 Å². The number of carbonyl (C=O) groups is 1. The van der Waals surface area contributed by atoms with E-state index < -0.39 is 11.6 Å². The highest BCUT2D eigenvalue weighted by Gasteiger charge is 2.41. The van der Waals surface area contributed by atoms with Crippen LogP contribution in [-0.2, 0) is 10.3 Å². The standard InChI is InChI=1S/C18H27FN2O3/c1-24-11-3-2-9-18(23,14-6-4-8-16(19)12-14)15-7-5-10-21(13-15)17(20)22/h4,6,8,12,15,23H,2-3,5,7,9-11,13H2,1H3,(H2,20,22)/t15?,18-/m1/s1. The molecule has 1 unspecified atom stereocenters. The first-order chi connectivity index (χ1) is 11.5. The van der Waals surface area contributed by atoms with E-state index in [4.69, 9.17) is 10.5 Å². The third kappa shape index (κ3) is 4.45. The average molecular weight is 338 g/mol. The van der Waals surface area contributed by atoms with Crippen molar-refractivity contribution in [2.45, 2.75) is 37.7 Å². The van der Waals surface area contributed by atoms with E-state index in [0.717, 1.165) is 25.7 Å². The molecule has 1 aliphatic rings. The van der Waals surface area contributed by atoms with Crippen LogP contribution in [0.15, 0.2) is 24.3 Å². The number of carbonyl (C=O) groups excluding carboxylic acids is 1. The fourth-order valence-corrected chi connectivity index (χ4v) is 3.55. The number of primary amides is 1. The Balaban J connectivity index is 2.22. The van der Waals surface area contributed by atoms with Gasteiger partial charge in [0.1, 0.15) is 5.82 Å². The van der Waals surface area contributed by atoms with Crippen molar-refractivity contribution in [3.8, 4) is 0 Å². The SMILES string of the molecule is COCCCC[C@@](O)(c1cccc(F)c1)C1CCCN(C(N)=O)C1. The average Bonchev–Trinajstić information content (AvgIpc) is 2.58. The van der Waals surface area contributed by atoms with Crippen molar-refractivity contribution in [1.82, 2.24) is 4.90 Å². The molecule has 1 fully saturated rings. The lowest BCUT2D eigenvalue weighted by Gasteiger charge is -2.42. The molecule has 2 amide bonds. The number of aliphatic hydroxyl groups is 1. The Kier molecular flexibility index (Phi) is 6.57. The first-order valence-electron chi connectivity index (χ1n) is 8.49. The normalized spacial score (nSPS) is 20.6. The fourth-order valence-electron chi connectivity index (χ4n) is 3.55. The number of nitrogens with zero attached hydrogens (tertiary/aromatic N) is 1. The number of piperidine rings is 1. The fraction of sp³-hybridized carbons (Fsp3) is 0.611. The Labute approximate surface area is 142 Å². The highest BCUT2D eigenvalue weighted by atomic mass is 19.1. The molecule has 1 aromatic carbocycles. The van der Waals surface area contributed by atoms with Crippen LogP contribution in [-0.4, -0.2) is 42.8 Å². The number of likely N-dealkylation sites (tertiary alicyclic amines) is 1. The molecular weight excluding hydrogens is 311 g/mol. The molecule has 0 aliphatic carbocycles. The molecule has 0 radical (unpaired) electrons. The summed E-state index contributed by atoms with van der Waals surface area (Å²) in [6.45, 7) is 1.62. The Hall–Kier alpha value is -1.66. The Bertz CT molecular complexity index is 555. The van der Waals surface area contributed by atoms with Crippen molar-refractivity contribution in [1.29, 1.82) is 0 Å². The minimum atomic E-state index is -1.18. The molecule has 1 heterocycles. The van der Waals surface area contributed by atoms with Crippen LogP contribution < -0.4 is 5.73 Å². The van der Waals surface area contributed by atoms with Gasteiger partial charge in [0.15, 0.2) is 0 Å². The summed E-state index contributed by atoms with van der Waals surface area (Å²) in [5, 5.41) is 11.4. The van der Waals surface area contributed by atoms with Crippen molar-refractivity contribution in [2.75, 3.05) is 26.8 Å². The molecule has 5 nitrogen and oxygen atoms in total. The number of ether oxygens (including phenoxy) is 1. The number of methoxy groups -OCH3 is 1. The van der Waals surface area contributed by atoms with Gasteiger partial charge in [0.25, 0.3) is 0 Å². The summed E-state index contributed by atoms with van der Waals surface area (Å²) in [7, 11) is 1.64. The maximum atomic E-state index is 13.7.